The van der Waals surface area contributed by atoms with Gasteiger partial charge in [0.15, 0.2) is 0 Å². The summed E-state index contributed by atoms with van der Waals surface area (Å²) in [5, 5.41) is 5.81. The van der Waals surface area contributed by atoms with Crippen LogP contribution in [0.25, 0.3) is 11.0 Å². The van der Waals surface area contributed by atoms with Crippen molar-refractivity contribution in [2.45, 2.75) is 33.0 Å². The molecule has 1 saturated heterocycles. The van der Waals surface area contributed by atoms with E-state index in [1.54, 1.807) is 17.0 Å². The Morgan fingerprint density at radius 2 is 1.76 bits per heavy atom. The van der Waals surface area contributed by atoms with Crippen LogP contribution in [0.4, 0.5) is 9.18 Å². The number of fused-ring (bicyclic) bond motifs is 1. The van der Waals surface area contributed by atoms with E-state index in [-0.39, 0.29) is 23.8 Å². The fourth-order valence-electron chi connectivity index (χ4n) is 4.08. The minimum absolute atomic E-state index is 0.0751. The van der Waals surface area contributed by atoms with Crippen LogP contribution in [0.5, 0.6) is 0 Å². The minimum Gasteiger partial charge on any atom is -0.350 e. The molecule has 34 heavy (non-hydrogen) atoms. The Hall–Kier alpha value is -3.46. The number of amides is 3. The zero-order valence-electron chi connectivity index (χ0n) is 19.8. The lowest BCUT2D eigenvalue weighted by Crippen LogP contribution is -2.51. The Balaban J connectivity index is 1.32. The van der Waals surface area contributed by atoms with Gasteiger partial charge in [0.1, 0.15) is 11.6 Å². The van der Waals surface area contributed by atoms with Crippen LogP contribution in [-0.4, -0.2) is 63.5 Å². The lowest BCUT2D eigenvalue weighted by Gasteiger charge is -2.34. The predicted octanol–water partition coefficient (Wildman–Crippen LogP) is 2.88. The van der Waals surface area contributed by atoms with Gasteiger partial charge >= 0.3 is 6.03 Å². The van der Waals surface area contributed by atoms with Crippen LogP contribution in [0.1, 0.15) is 35.6 Å². The highest BCUT2D eigenvalue weighted by atomic mass is 19.1. The molecule has 4 rings (SSSR count). The van der Waals surface area contributed by atoms with Crippen LogP contribution in [0.15, 0.2) is 42.5 Å². The first-order valence-corrected chi connectivity index (χ1v) is 11.6. The maximum atomic E-state index is 13.0. The molecule has 3 amide bonds. The molecular formula is C25H31FN6O2. The highest BCUT2D eigenvalue weighted by Crippen LogP contribution is 2.19. The van der Waals surface area contributed by atoms with Gasteiger partial charge in [0.2, 0.25) is 0 Å². The topological polar surface area (TPSA) is 82.5 Å². The molecule has 0 aliphatic carbocycles. The first-order chi connectivity index (χ1) is 16.3. The van der Waals surface area contributed by atoms with Gasteiger partial charge in [-0.25, -0.2) is 14.2 Å². The number of halogens is 1. The van der Waals surface area contributed by atoms with E-state index in [4.69, 9.17) is 4.98 Å². The molecule has 3 aromatic rings. The average molecular weight is 467 g/mol. The third kappa shape index (κ3) is 5.53. The SMILES string of the molecule is CC(C)NC(=O)c1ccc2c(c1)nc(CN1CCN(C(=O)NCc3ccc(F)cc3)CC1)n2C. The van der Waals surface area contributed by atoms with E-state index in [1.807, 2.05) is 39.1 Å². The van der Waals surface area contributed by atoms with E-state index in [0.29, 0.717) is 31.7 Å². The molecular weight excluding hydrogens is 435 g/mol. The molecule has 0 saturated carbocycles. The number of hydrogen-bond donors (Lipinski definition) is 2. The quantitative estimate of drug-likeness (QED) is 0.585. The summed E-state index contributed by atoms with van der Waals surface area (Å²) in [5.41, 5.74) is 3.24. The van der Waals surface area contributed by atoms with Gasteiger partial charge < -0.3 is 20.1 Å². The number of rotatable bonds is 6. The summed E-state index contributed by atoms with van der Waals surface area (Å²) in [6, 6.07) is 11.7. The number of urea groups is 1. The number of imidazole rings is 1. The molecule has 1 aromatic heterocycles. The summed E-state index contributed by atoms with van der Waals surface area (Å²) in [5.74, 6) is 0.535. The van der Waals surface area contributed by atoms with Crippen LogP contribution in [-0.2, 0) is 20.1 Å². The van der Waals surface area contributed by atoms with Gasteiger partial charge in [-0.15, -0.1) is 0 Å². The second-order valence-corrected chi connectivity index (χ2v) is 8.97. The number of benzene rings is 2. The Morgan fingerprint density at radius 3 is 2.44 bits per heavy atom. The lowest BCUT2D eigenvalue weighted by atomic mass is 10.2. The van der Waals surface area contributed by atoms with E-state index in [1.165, 1.54) is 12.1 Å². The minimum atomic E-state index is -0.288. The zero-order chi connectivity index (χ0) is 24.2. The van der Waals surface area contributed by atoms with E-state index >= 15 is 0 Å². The molecule has 0 unspecified atom stereocenters. The average Bonchev–Trinajstić information content (AvgIpc) is 3.13. The second kappa shape index (κ2) is 10.2. The zero-order valence-corrected chi connectivity index (χ0v) is 19.8. The summed E-state index contributed by atoms with van der Waals surface area (Å²) in [6.45, 7) is 7.65. The molecule has 1 fully saturated rings. The van der Waals surface area contributed by atoms with Crippen molar-refractivity contribution < 1.29 is 14.0 Å². The summed E-state index contributed by atoms with van der Waals surface area (Å²) < 4.78 is 15.1. The number of nitrogens with zero attached hydrogens (tertiary/aromatic N) is 4. The van der Waals surface area contributed by atoms with Crippen molar-refractivity contribution in [2.75, 3.05) is 26.2 Å². The Labute approximate surface area is 198 Å². The maximum absolute atomic E-state index is 13.0. The van der Waals surface area contributed by atoms with Gasteiger partial charge in [-0.2, -0.15) is 0 Å². The second-order valence-electron chi connectivity index (χ2n) is 8.97. The van der Waals surface area contributed by atoms with Crippen LogP contribution < -0.4 is 10.6 Å². The van der Waals surface area contributed by atoms with Gasteiger partial charge in [-0.05, 0) is 49.7 Å². The number of carbonyl (C=O) groups is 2. The number of hydrogen-bond acceptors (Lipinski definition) is 4. The van der Waals surface area contributed by atoms with Gasteiger partial charge in [0.25, 0.3) is 5.91 Å². The largest absolute Gasteiger partial charge is 0.350 e. The van der Waals surface area contributed by atoms with Crippen molar-refractivity contribution in [1.29, 1.82) is 0 Å². The standard InChI is InChI=1S/C25H31FN6O2/c1-17(2)28-24(33)19-6-9-22-21(14-19)29-23(30(22)3)16-31-10-12-32(13-11-31)25(34)27-15-18-4-7-20(26)8-5-18/h4-9,14,17H,10-13,15-16H2,1-3H3,(H,27,34)(H,28,33). The van der Waals surface area contributed by atoms with E-state index in [9.17, 15) is 14.0 Å². The van der Waals surface area contributed by atoms with Gasteiger partial charge in [-0.3, -0.25) is 9.69 Å². The predicted molar refractivity (Wildman–Crippen MR) is 129 cm³/mol. The lowest BCUT2D eigenvalue weighted by molar-refractivity contribution is 0.0943. The fraction of sp³-hybridized carbons (Fsp3) is 0.400. The van der Waals surface area contributed by atoms with Crippen LogP contribution in [0.3, 0.4) is 0 Å². The van der Waals surface area contributed by atoms with E-state index in [0.717, 1.165) is 35.5 Å². The van der Waals surface area contributed by atoms with Crippen LogP contribution >= 0.6 is 0 Å². The van der Waals surface area contributed by atoms with Crippen molar-refractivity contribution in [1.82, 2.24) is 30.0 Å². The van der Waals surface area contributed by atoms with Gasteiger partial charge in [0, 0.05) is 51.4 Å². The summed E-state index contributed by atoms with van der Waals surface area (Å²) >= 11 is 0. The molecule has 2 N–H and O–H groups in total. The monoisotopic (exact) mass is 466 g/mol. The highest BCUT2D eigenvalue weighted by Gasteiger charge is 2.22. The molecule has 8 nitrogen and oxygen atoms in total. The van der Waals surface area contributed by atoms with Gasteiger partial charge in [-0.1, -0.05) is 12.1 Å². The van der Waals surface area contributed by atoms with Crippen molar-refractivity contribution in [3.63, 3.8) is 0 Å². The normalized spacial score (nSPS) is 14.6. The Bertz CT molecular complexity index is 1170. The molecule has 0 bridgehead atoms. The fourth-order valence-corrected chi connectivity index (χ4v) is 4.08. The highest BCUT2D eigenvalue weighted by molar-refractivity contribution is 5.97. The summed E-state index contributed by atoms with van der Waals surface area (Å²) in [7, 11) is 1.98. The molecule has 9 heteroatoms. The first kappa shape index (κ1) is 23.7. The van der Waals surface area contributed by atoms with E-state index in [2.05, 4.69) is 20.1 Å². The number of piperazine rings is 1. The van der Waals surface area contributed by atoms with E-state index < -0.39 is 0 Å². The Morgan fingerprint density at radius 1 is 1.06 bits per heavy atom. The number of aromatic nitrogens is 2. The molecule has 0 atom stereocenters. The smallest absolute Gasteiger partial charge is 0.317 e. The molecule has 1 aliphatic rings. The number of carbonyl (C=O) groups excluding carboxylic acids is 2. The van der Waals surface area contributed by atoms with Crippen molar-refractivity contribution in [3.8, 4) is 0 Å². The summed E-state index contributed by atoms with van der Waals surface area (Å²) in [4.78, 5) is 33.7. The molecule has 2 heterocycles. The third-order valence-electron chi connectivity index (χ3n) is 6.04. The van der Waals surface area contributed by atoms with Crippen molar-refractivity contribution in [3.05, 3.63) is 65.2 Å². The number of aryl methyl sites for hydroxylation is 1. The molecule has 180 valence electrons. The van der Waals surface area contributed by atoms with Crippen molar-refractivity contribution in [2.24, 2.45) is 7.05 Å². The molecule has 2 aromatic carbocycles. The van der Waals surface area contributed by atoms with Gasteiger partial charge in [0.05, 0.1) is 17.6 Å². The molecule has 1 aliphatic heterocycles. The molecule has 0 radical (unpaired) electrons. The first-order valence-electron chi connectivity index (χ1n) is 11.6. The summed E-state index contributed by atoms with van der Waals surface area (Å²) in [6.07, 6.45) is 0. The maximum Gasteiger partial charge on any atom is 0.317 e. The third-order valence-corrected chi connectivity index (χ3v) is 6.04. The number of nitrogens with one attached hydrogen (secondary N) is 2. The van der Waals surface area contributed by atoms with Crippen LogP contribution in [0.2, 0.25) is 0 Å². The Kier molecular flexibility index (Phi) is 7.12. The van der Waals surface area contributed by atoms with Crippen molar-refractivity contribution >= 4 is 23.0 Å². The van der Waals surface area contributed by atoms with Crippen LogP contribution in [0, 0.1) is 5.82 Å². The molecule has 0 spiro atoms.